The topological polar surface area (TPSA) is 94.5 Å². The minimum Gasteiger partial charge on any atom is -0.385 e. The van der Waals surface area contributed by atoms with Crippen molar-refractivity contribution in [3.63, 3.8) is 0 Å². The molecule has 0 aromatic carbocycles. The van der Waals surface area contributed by atoms with Crippen LogP contribution in [0.4, 0.5) is 0 Å². The molecule has 0 atom stereocenters. The summed E-state index contributed by atoms with van der Waals surface area (Å²) in [5, 5.41) is 15.2. The van der Waals surface area contributed by atoms with Crippen LogP contribution < -0.4 is 10.6 Å². The van der Waals surface area contributed by atoms with Gasteiger partial charge in [0.2, 0.25) is 11.8 Å². The fourth-order valence-electron chi connectivity index (χ4n) is 3.68. The molecule has 0 radical (unpaired) electrons. The number of piperidine rings is 1. The molecule has 0 spiro atoms. The number of nitrogens with zero attached hydrogens (tertiary/aromatic N) is 2. The highest BCUT2D eigenvalue weighted by atomic mass is 16.5. The predicted molar refractivity (Wildman–Crippen MR) is 93.6 cm³/mol. The number of carbonyl (C=O) groups excluding carboxylic acids is 2. The summed E-state index contributed by atoms with van der Waals surface area (Å²) in [5.41, 5.74) is -0.655. The number of methoxy groups -OCH3 is 1. The van der Waals surface area contributed by atoms with Crippen LogP contribution in [-0.2, 0) is 14.3 Å². The van der Waals surface area contributed by atoms with Gasteiger partial charge < -0.3 is 15.4 Å². The van der Waals surface area contributed by atoms with E-state index in [-0.39, 0.29) is 17.7 Å². The molecule has 7 heteroatoms. The monoisotopic (exact) mass is 350 g/mol. The predicted octanol–water partition coefficient (Wildman–Crippen LogP) is 0.804. The molecule has 0 bridgehead atoms. The molecular weight excluding hydrogens is 320 g/mol. The third kappa shape index (κ3) is 5.98. The van der Waals surface area contributed by atoms with Crippen molar-refractivity contribution in [1.82, 2.24) is 15.5 Å². The molecule has 1 heterocycles. The summed E-state index contributed by atoms with van der Waals surface area (Å²) >= 11 is 0. The van der Waals surface area contributed by atoms with E-state index in [1.165, 1.54) is 0 Å². The van der Waals surface area contributed by atoms with Crippen molar-refractivity contribution in [3.05, 3.63) is 0 Å². The van der Waals surface area contributed by atoms with E-state index in [4.69, 9.17) is 4.74 Å². The smallest absolute Gasteiger partial charge is 0.235 e. The van der Waals surface area contributed by atoms with Crippen LogP contribution in [0, 0.1) is 17.2 Å². The van der Waals surface area contributed by atoms with E-state index in [1.807, 2.05) is 0 Å². The van der Waals surface area contributed by atoms with Gasteiger partial charge in [0, 0.05) is 26.2 Å². The number of nitrogens with one attached hydrogen (secondary N) is 2. The number of amides is 2. The molecular formula is C18H30N4O3. The summed E-state index contributed by atoms with van der Waals surface area (Å²) in [5.74, 6) is 0.0580. The molecule has 0 unspecified atom stereocenters. The molecule has 140 valence electrons. The van der Waals surface area contributed by atoms with E-state index in [0.29, 0.717) is 19.7 Å². The lowest BCUT2D eigenvalue weighted by molar-refractivity contribution is -0.127. The molecule has 1 saturated carbocycles. The number of likely N-dealkylation sites (tertiary alicyclic amines) is 1. The van der Waals surface area contributed by atoms with Crippen molar-refractivity contribution in [2.24, 2.45) is 5.92 Å². The second-order valence-corrected chi connectivity index (χ2v) is 7.14. The maximum absolute atomic E-state index is 12.3. The Morgan fingerprint density at radius 2 is 1.96 bits per heavy atom. The zero-order valence-electron chi connectivity index (χ0n) is 15.2. The summed E-state index contributed by atoms with van der Waals surface area (Å²) in [6.45, 7) is 3.08. The van der Waals surface area contributed by atoms with Crippen molar-refractivity contribution in [2.75, 3.05) is 39.9 Å². The van der Waals surface area contributed by atoms with Crippen molar-refractivity contribution in [2.45, 2.75) is 50.5 Å². The maximum Gasteiger partial charge on any atom is 0.235 e. The number of nitriles is 1. The number of rotatable bonds is 8. The van der Waals surface area contributed by atoms with E-state index < -0.39 is 5.54 Å². The van der Waals surface area contributed by atoms with Gasteiger partial charge in [0.05, 0.1) is 12.6 Å². The zero-order chi connectivity index (χ0) is 18.1. The van der Waals surface area contributed by atoms with E-state index in [9.17, 15) is 14.9 Å². The Bertz CT molecular complexity index is 489. The summed E-state index contributed by atoms with van der Waals surface area (Å²) in [6.07, 6.45) is 5.86. The van der Waals surface area contributed by atoms with Crippen LogP contribution in [0.25, 0.3) is 0 Å². The third-order valence-corrected chi connectivity index (χ3v) is 5.20. The number of hydrogen-bond acceptors (Lipinski definition) is 5. The normalized spacial score (nSPS) is 20.8. The van der Waals surface area contributed by atoms with Gasteiger partial charge in [0.25, 0.3) is 0 Å². The average molecular weight is 350 g/mol. The first-order chi connectivity index (χ1) is 12.1. The standard InChI is InChI=1S/C18H30N4O3/c1-25-12-4-9-20-17(24)15-5-10-22(11-6-15)13-16(23)21-18(14-19)7-2-3-8-18/h15H,2-13H2,1H3,(H,20,24)(H,21,23). The number of hydrogen-bond donors (Lipinski definition) is 2. The number of ether oxygens (including phenoxy) is 1. The summed E-state index contributed by atoms with van der Waals surface area (Å²) in [7, 11) is 1.65. The van der Waals surface area contributed by atoms with Crippen molar-refractivity contribution in [3.8, 4) is 6.07 Å². The molecule has 1 aliphatic heterocycles. The molecule has 2 N–H and O–H groups in total. The SMILES string of the molecule is COCCCNC(=O)C1CCN(CC(=O)NC2(C#N)CCCC2)CC1. The van der Waals surface area contributed by atoms with Crippen molar-refractivity contribution >= 4 is 11.8 Å². The van der Waals surface area contributed by atoms with Gasteiger partial charge in [-0.15, -0.1) is 0 Å². The highest BCUT2D eigenvalue weighted by molar-refractivity contribution is 5.80. The molecule has 1 aliphatic carbocycles. The first-order valence-electron chi connectivity index (χ1n) is 9.30. The Hall–Kier alpha value is -1.65. The zero-order valence-corrected chi connectivity index (χ0v) is 15.2. The first-order valence-corrected chi connectivity index (χ1v) is 9.30. The Kier molecular flexibility index (Phi) is 7.66. The van der Waals surface area contributed by atoms with Gasteiger partial charge in [0.15, 0.2) is 0 Å². The molecule has 1 saturated heterocycles. The quantitative estimate of drug-likeness (QED) is 0.632. The summed E-state index contributed by atoms with van der Waals surface area (Å²) < 4.78 is 4.97. The Morgan fingerprint density at radius 1 is 1.28 bits per heavy atom. The lowest BCUT2D eigenvalue weighted by Crippen LogP contribution is -2.50. The molecule has 0 aromatic heterocycles. The van der Waals surface area contributed by atoms with Crippen LogP contribution in [0.3, 0.4) is 0 Å². The Labute approximate surface area is 150 Å². The van der Waals surface area contributed by atoms with Crippen molar-refractivity contribution in [1.29, 1.82) is 5.26 Å². The van der Waals surface area contributed by atoms with E-state index in [1.54, 1.807) is 7.11 Å². The third-order valence-electron chi connectivity index (χ3n) is 5.20. The molecule has 0 aromatic rings. The number of carbonyl (C=O) groups is 2. The fraction of sp³-hybridized carbons (Fsp3) is 0.833. The van der Waals surface area contributed by atoms with Crippen molar-refractivity contribution < 1.29 is 14.3 Å². The van der Waals surface area contributed by atoms with E-state index in [2.05, 4.69) is 21.6 Å². The molecule has 2 rings (SSSR count). The average Bonchev–Trinajstić information content (AvgIpc) is 3.08. The van der Waals surface area contributed by atoms with Crippen LogP contribution in [0.15, 0.2) is 0 Å². The molecule has 25 heavy (non-hydrogen) atoms. The fourth-order valence-corrected chi connectivity index (χ4v) is 3.68. The van der Waals surface area contributed by atoms with Crippen LogP contribution in [0.2, 0.25) is 0 Å². The van der Waals surface area contributed by atoms with Gasteiger partial charge >= 0.3 is 0 Å². The second-order valence-electron chi connectivity index (χ2n) is 7.14. The van der Waals surface area contributed by atoms with Gasteiger partial charge in [-0.1, -0.05) is 0 Å². The van der Waals surface area contributed by atoms with Gasteiger partial charge in [0.1, 0.15) is 5.54 Å². The molecule has 2 amide bonds. The first kappa shape index (κ1) is 19.7. The molecule has 2 fully saturated rings. The van der Waals surface area contributed by atoms with Gasteiger partial charge in [-0.2, -0.15) is 5.26 Å². The largest absolute Gasteiger partial charge is 0.385 e. The summed E-state index contributed by atoms with van der Waals surface area (Å²) in [6, 6.07) is 2.28. The lowest BCUT2D eigenvalue weighted by atomic mass is 9.95. The minimum absolute atomic E-state index is 0.0298. The molecule has 2 aliphatic rings. The maximum atomic E-state index is 12.3. The highest BCUT2D eigenvalue weighted by Crippen LogP contribution is 2.28. The van der Waals surface area contributed by atoms with Crippen LogP contribution in [0.5, 0.6) is 0 Å². The van der Waals surface area contributed by atoms with E-state index >= 15 is 0 Å². The Balaban J connectivity index is 1.67. The van der Waals surface area contributed by atoms with Crippen LogP contribution in [-0.4, -0.2) is 62.1 Å². The highest BCUT2D eigenvalue weighted by Gasteiger charge is 2.36. The van der Waals surface area contributed by atoms with Crippen LogP contribution >= 0.6 is 0 Å². The molecule has 7 nitrogen and oxygen atoms in total. The summed E-state index contributed by atoms with van der Waals surface area (Å²) in [4.78, 5) is 26.4. The van der Waals surface area contributed by atoms with E-state index in [0.717, 1.165) is 58.0 Å². The second kappa shape index (κ2) is 9.73. The van der Waals surface area contributed by atoms with Crippen LogP contribution in [0.1, 0.15) is 44.9 Å². The van der Waals surface area contributed by atoms with Gasteiger partial charge in [-0.25, -0.2) is 0 Å². The Morgan fingerprint density at radius 3 is 2.56 bits per heavy atom. The van der Waals surface area contributed by atoms with Gasteiger partial charge in [-0.3, -0.25) is 14.5 Å². The lowest BCUT2D eigenvalue weighted by Gasteiger charge is -2.31. The minimum atomic E-state index is -0.655. The van der Waals surface area contributed by atoms with Gasteiger partial charge in [-0.05, 0) is 58.0 Å².